The van der Waals surface area contributed by atoms with Gasteiger partial charge in [0.25, 0.3) is 5.91 Å². The lowest BCUT2D eigenvalue weighted by Gasteiger charge is -2.30. The number of rotatable bonds is 5. The Balaban J connectivity index is 1.93. The summed E-state index contributed by atoms with van der Waals surface area (Å²) in [5, 5.41) is 2.88. The van der Waals surface area contributed by atoms with Gasteiger partial charge in [-0.3, -0.25) is 14.5 Å². The van der Waals surface area contributed by atoms with Gasteiger partial charge in [-0.05, 0) is 37.6 Å². The standard InChI is InChI=1S/C21H21FN2O2S/c1-3-14(2)23-20(25)13-24-17-10-6-7-11-18(17)27-19(21(24)26)12-15-8-4-5-9-16(15)22/h4-12,14H,3,13H2,1-2H3,(H,23,25)/b19-12-/t14-/m0/s1. The minimum absolute atomic E-state index is 0.0374. The molecule has 1 heterocycles. The predicted molar refractivity (Wildman–Crippen MR) is 107 cm³/mol. The molecular formula is C21H21FN2O2S. The number of anilines is 1. The quantitative estimate of drug-likeness (QED) is 0.786. The van der Waals surface area contributed by atoms with E-state index in [1.54, 1.807) is 18.2 Å². The maximum absolute atomic E-state index is 14.0. The molecule has 0 unspecified atom stereocenters. The minimum Gasteiger partial charge on any atom is -0.352 e. The van der Waals surface area contributed by atoms with E-state index < -0.39 is 5.82 Å². The fourth-order valence-corrected chi connectivity index (χ4v) is 3.77. The number of fused-ring (bicyclic) bond motifs is 1. The Bertz CT molecular complexity index is 897. The lowest BCUT2D eigenvalue weighted by Crippen LogP contribution is -2.44. The molecule has 1 aliphatic heterocycles. The van der Waals surface area contributed by atoms with Crippen LogP contribution in [0.4, 0.5) is 10.1 Å². The average molecular weight is 384 g/mol. The van der Waals surface area contributed by atoms with E-state index in [0.717, 1.165) is 11.3 Å². The third-order valence-electron chi connectivity index (χ3n) is 4.35. The largest absolute Gasteiger partial charge is 0.352 e. The second-order valence-electron chi connectivity index (χ2n) is 6.37. The summed E-state index contributed by atoms with van der Waals surface area (Å²) in [6, 6.07) is 13.8. The first-order valence-electron chi connectivity index (χ1n) is 8.84. The zero-order valence-electron chi connectivity index (χ0n) is 15.2. The predicted octanol–water partition coefficient (Wildman–Crippen LogP) is 4.22. The fraction of sp³-hybridized carbons (Fsp3) is 0.238. The number of hydrogen-bond acceptors (Lipinski definition) is 3. The van der Waals surface area contributed by atoms with E-state index in [9.17, 15) is 14.0 Å². The van der Waals surface area contributed by atoms with Gasteiger partial charge in [0.1, 0.15) is 12.4 Å². The van der Waals surface area contributed by atoms with Crippen molar-refractivity contribution in [1.82, 2.24) is 5.32 Å². The van der Waals surface area contributed by atoms with Crippen molar-refractivity contribution >= 4 is 35.3 Å². The maximum Gasteiger partial charge on any atom is 0.265 e. The molecule has 2 aromatic carbocycles. The van der Waals surface area contributed by atoms with E-state index in [1.807, 2.05) is 38.1 Å². The van der Waals surface area contributed by atoms with Crippen LogP contribution in [0.2, 0.25) is 0 Å². The number of para-hydroxylation sites is 1. The first-order chi connectivity index (χ1) is 13.0. The summed E-state index contributed by atoms with van der Waals surface area (Å²) in [5.41, 5.74) is 1.04. The lowest BCUT2D eigenvalue weighted by molar-refractivity contribution is -0.122. The first-order valence-corrected chi connectivity index (χ1v) is 9.65. The second kappa shape index (κ2) is 8.39. The number of thioether (sulfide) groups is 1. The molecule has 0 fully saturated rings. The third kappa shape index (κ3) is 4.39. The molecule has 0 saturated carbocycles. The molecule has 0 radical (unpaired) electrons. The number of carbonyl (C=O) groups is 2. The van der Waals surface area contributed by atoms with Crippen molar-refractivity contribution in [3.8, 4) is 0 Å². The van der Waals surface area contributed by atoms with E-state index in [-0.39, 0.29) is 24.4 Å². The summed E-state index contributed by atoms with van der Waals surface area (Å²) < 4.78 is 14.0. The highest BCUT2D eigenvalue weighted by atomic mass is 32.2. The van der Waals surface area contributed by atoms with Crippen LogP contribution in [0.3, 0.4) is 0 Å². The van der Waals surface area contributed by atoms with Crippen LogP contribution in [0.15, 0.2) is 58.3 Å². The van der Waals surface area contributed by atoms with Crippen LogP contribution in [-0.2, 0) is 9.59 Å². The molecule has 0 bridgehead atoms. The molecule has 27 heavy (non-hydrogen) atoms. The zero-order chi connectivity index (χ0) is 19.4. The third-order valence-corrected chi connectivity index (χ3v) is 5.42. The molecule has 3 rings (SSSR count). The van der Waals surface area contributed by atoms with Gasteiger partial charge in [0.15, 0.2) is 0 Å². The van der Waals surface area contributed by atoms with E-state index in [1.165, 1.54) is 28.8 Å². The highest BCUT2D eigenvalue weighted by Crippen LogP contribution is 2.42. The van der Waals surface area contributed by atoms with Gasteiger partial charge in [-0.1, -0.05) is 49.0 Å². The van der Waals surface area contributed by atoms with Crippen molar-refractivity contribution in [2.45, 2.75) is 31.2 Å². The van der Waals surface area contributed by atoms with Crippen LogP contribution in [0.1, 0.15) is 25.8 Å². The van der Waals surface area contributed by atoms with Crippen LogP contribution in [0.25, 0.3) is 6.08 Å². The topological polar surface area (TPSA) is 49.4 Å². The lowest BCUT2D eigenvalue weighted by atomic mass is 10.2. The van der Waals surface area contributed by atoms with Crippen molar-refractivity contribution < 1.29 is 14.0 Å². The monoisotopic (exact) mass is 384 g/mol. The molecule has 2 aromatic rings. The molecule has 1 atom stereocenters. The van der Waals surface area contributed by atoms with Crippen LogP contribution in [0, 0.1) is 5.82 Å². The Morgan fingerprint density at radius 1 is 1.22 bits per heavy atom. The summed E-state index contributed by atoms with van der Waals surface area (Å²) >= 11 is 1.29. The van der Waals surface area contributed by atoms with Gasteiger partial charge in [0.2, 0.25) is 5.91 Å². The molecule has 4 nitrogen and oxygen atoms in total. The molecule has 1 aliphatic rings. The highest BCUT2D eigenvalue weighted by molar-refractivity contribution is 8.04. The van der Waals surface area contributed by atoms with Crippen molar-refractivity contribution in [1.29, 1.82) is 0 Å². The minimum atomic E-state index is -0.390. The van der Waals surface area contributed by atoms with Crippen molar-refractivity contribution in [2.24, 2.45) is 0 Å². The summed E-state index contributed by atoms with van der Waals surface area (Å²) in [7, 11) is 0. The SMILES string of the molecule is CC[C@H](C)NC(=O)CN1C(=O)/C(=C/c2ccccc2F)Sc2ccccc21. The molecule has 6 heteroatoms. The van der Waals surface area contributed by atoms with Gasteiger partial charge in [-0.2, -0.15) is 0 Å². The number of nitrogens with zero attached hydrogens (tertiary/aromatic N) is 1. The Hall–Kier alpha value is -2.60. The number of hydrogen-bond donors (Lipinski definition) is 1. The fourth-order valence-electron chi connectivity index (χ4n) is 2.72. The van der Waals surface area contributed by atoms with Crippen LogP contribution in [0.5, 0.6) is 0 Å². The summed E-state index contributed by atoms with van der Waals surface area (Å²) in [6.07, 6.45) is 2.35. The summed E-state index contributed by atoms with van der Waals surface area (Å²) in [6.45, 7) is 3.83. The van der Waals surface area contributed by atoms with Gasteiger partial charge >= 0.3 is 0 Å². The number of amides is 2. The molecular weight excluding hydrogens is 363 g/mol. The van der Waals surface area contributed by atoms with Crippen LogP contribution < -0.4 is 10.2 Å². The molecule has 0 saturated heterocycles. The number of benzene rings is 2. The van der Waals surface area contributed by atoms with Gasteiger partial charge in [-0.15, -0.1) is 0 Å². The molecule has 2 amide bonds. The number of halogens is 1. The Morgan fingerprint density at radius 2 is 1.93 bits per heavy atom. The van der Waals surface area contributed by atoms with Crippen LogP contribution >= 0.6 is 11.8 Å². The van der Waals surface area contributed by atoms with E-state index >= 15 is 0 Å². The van der Waals surface area contributed by atoms with Gasteiger partial charge in [0.05, 0.1) is 10.6 Å². The van der Waals surface area contributed by atoms with Gasteiger partial charge < -0.3 is 5.32 Å². The molecule has 0 spiro atoms. The highest BCUT2D eigenvalue weighted by Gasteiger charge is 2.30. The first kappa shape index (κ1) is 19.2. The summed E-state index contributed by atoms with van der Waals surface area (Å²) in [5.74, 6) is -0.913. The number of nitrogens with one attached hydrogen (secondary N) is 1. The smallest absolute Gasteiger partial charge is 0.265 e. The normalized spacial score (nSPS) is 16.2. The molecule has 0 aliphatic carbocycles. The van der Waals surface area contributed by atoms with E-state index in [2.05, 4.69) is 5.32 Å². The Labute approximate surface area is 162 Å². The molecule has 140 valence electrons. The average Bonchev–Trinajstić information content (AvgIpc) is 2.66. The summed E-state index contributed by atoms with van der Waals surface area (Å²) in [4.78, 5) is 28.1. The zero-order valence-corrected chi connectivity index (χ0v) is 16.1. The van der Waals surface area contributed by atoms with E-state index in [0.29, 0.717) is 16.2 Å². The van der Waals surface area contributed by atoms with Crippen molar-refractivity contribution in [2.75, 3.05) is 11.4 Å². The van der Waals surface area contributed by atoms with Crippen LogP contribution in [-0.4, -0.2) is 24.4 Å². The Morgan fingerprint density at radius 3 is 2.67 bits per heavy atom. The van der Waals surface area contributed by atoms with E-state index in [4.69, 9.17) is 0 Å². The van der Waals surface area contributed by atoms with Crippen molar-refractivity contribution in [3.63, 3.8) is 0 Å². The van der Waals surface area contributed by atoms with Crippen molar-refractivity contribution in [3.05, 3.63) is 64.8 Å². The molecule has 0 aromatic heterocycles. The second-order valence-corrected chi connectivity index (χ2v) is 7.45. The van der Waals surface area contributed by atoms with Gasteiger partial charge in [-0.25, -0.2) is 4.39 Å². The Kier molecular flexibility index (Phi) is 5.96. The maximum atomic E-state index is 14.0. The number of carbonyl (C=O) groups excluding carboxylic acids is 2. The molecule has 1 N–H and O–H groups in total. The van der Waals surface area contributed by atoms with Gasteiger partial charge in [0, 0.05) is 16.5 Å².